The average Bonchev–Trinajstić information content (AvgIpc) is 3.04. The molecule has 2 heterocycles. The summed E-state index contributed by atoms with van der Waals surface area (Å²) in [6.45, 7) is 0. The number of carbonyl (C=O) groups is 1. The molecule has 0 saturated heterocycles. The maximum atomic E-state index is 12.7. The van der Waals surface area contributed by atoms with Gasteiger partial charge in [-0.05, 0) is 36.5 Å². The molecule has 3 aromatic rings. The summed E-state index contributed by atoms with van der Waals surface area (Å²) in [6, 6.07) is 15.2. The second-order valence-electron chi connectivity index (χ2n) is 5.88. The highest BCUT2D eigenvalue weighted by Crippen LogP contribution is 2.37. The standard InChI is InChI=1S/C19H17N3O3S2/c1-24-12-8-9-13(14(10-12)25-2)16-20-17-15(18(23)21-16)27-19(26)22(17)11-6-4-3-5-7-11/h3-10,16,20H,1-2H3,(H,21,23)/t16-/m0/s1. The van der Waals surface area contributed by atoms with E-state index in [1.165, 1.54) is 11.3 Å². The van der Waals surface area contributed by atoms with Gasteiger partial charge in [-0.15, -0.1) is 0 Å². The van der Waals surface area contributed by atoms with Gasteiger partial charge in [0.05, 0.1) is 14.2 Å². The minimum Gasteiger partial charge on any atom is -0.497 e. The summed E-state index contributed by atoms with van der Waals surface area (Å²) in [5, 5.41) is 6.37. The minimum absolute atomic E-state index is 0.169. The lowest BCUT2D eigenvalue weighted by molar-refractivity contribution is 0.0939. The number of para-hydroxylation sites is 1. The van der Waals surface area contributed by atoms with E-state index >= 15 is 0 Å². The maximum Gasteiger partial charge on any atom is 0.267 e. The summed E-state index contributed by atoms with van der Waals surface area (Å²) in [7, 11) is 3.19. The second-order valence-corrected chi connectivity index (χ2v) is 7.52. The summed E-state index contributed by atoms with van der Waals surface area (Å²) >= 11 is 6.80. The van der Waals surface area contributed by atoms with Gasteiger partial charge < -0.3 is 20.1 Å². The lowest BCUT2D eigenvalue weighted by Gasteiger charge is -2.28. The Labute approximate surface area is 165 Å². The molecule has 27 heavy (non-hydrogen) atoms. The van der Waals surface area contributed by atoms with Crippen LogP contribution in [0.1, 0.15) is 21.4 Å². The van der Waals surface area contributed by atoms with Crippen molar-refractivity contribution >= 4 is 35.3 Å². The number of fused-ring (bicyclic) bond motifs is 1. The van der Waals surface area contributed by atoms with Crippen LogP contribution in [-0.4, -0.2) is 24.7 Å². The van der Waals surface area contributed by atoms with Crippen LogP contribution >= 0.6 is 23.6 Å². The molecule has 138 valence electrons. The third-order valence-electron chi connectivity index (χ3n) is 4.34. The Morgan fingerprint density at radius 1 is 1.07 bits per heavy atom. The van der Waals surface area contributed by atoms with E-state index in [0.29, 0.717) is 26.1 Å². The van der Waals surface area contributed by atoms with E-state index < -0.39 is 6.17 Å². The monoisotopic (exact) mass is 399 g/mol. The molecule has 1 aliphatic rings. The number of nitrogens with one attached hydrogen (secondary N) is 2. The van der Waals surface area contributed by atoms with Crippen molar-refractivity contribution in [2.45, 2.75) is 6.17 Å². The summed E-state index contributed by atoms with van der Waals surface area (Å²) in [6.07, 6.45) is -0.454. The molecule has 2 N–H and O–H groups in total. The molecule has 8 heteroatoms. The van der Waals surface area contributed by atoms with Crippen molar-refractivity contribution in [1.82, 2.24) is 9.88 Å². The lowest BCUT2D eigenvalue weighted by atomic mass is 10.1. The number of hydrogen-bond donors (Lipinski definition) is 2. The number of aromatic nitrogens is 1. The van der Waals surface area contributed by atoms with Gasteiger partial charge in [0.25, 0.3) is 5.91 Å². The second kappa shape index (κ2) is 7.05. The molecule has 0 fully saturated rings. The minimum atomic E-state index is -0.454. The topological polar surface area (TPSA) is 64.5 Å². The van der Waals surface area contributed by atoms with Gasteiger partial charge in [0, 0.05) is 17.3 Å². The number of ether oxygens (including phenoxy) is 2. The van der Waals surface area contributed by atoms with Gasteiger partial charge in [0.15, 0.2) is 3.95 Å². The Bertz CT molecular complexity index is 1060. The molecule has 1 amide bonds. The van der Waals surface area contributed by atoms with Crippen LogP contribution in [-0.2, 0) is 0 Å². The van der Waals surface area contributed by atoms with Gasteiger partial charge in [-0.3, -0.25) is 9.36 Å². The molecule has 2 aromatic carbocycles. The van der Waals surface area contributed by atoms with Crippen LogP contribution in [0.5, 0.6) is 11.5 Å². The van der Waals surface area contributed by atoms with E-state index in [1.807, 2.05) is 47.0 Å². The molecule has 0 spiro atoms. The first-order valence-corrected chi connectivity index (χ1v) is 9.45. The predicted octanol–water partition coefficient (Wildman–Crippen LogP) is 4.14. The number of nitrogens with zero attached hydrogens (tertiary/aromatic N) is 1. The molecular formula is C19H17N3O3S2. The molecule has 0 unspecified atom stereocenters. The van der Waals surface area contributed by atoms with E-state index in [-0.39, 0.29) is 5.91 Å². The van der Waals surface area contributed by atoms with Crippen molar-refractivity contribution in [2.24, 2.45) is 0 Å². The normalized spacial score (nSPS) is 15.5. The Balaban J connectivity index is 1.80. The fraction of sp³-hybridized carbons (Fsp3) is 0.158. The van der Waals surface area contributed by atoms with Crippen molar-refractivity contribution in [1.29, 1.82) is 0 Å². The number of methoxy groups -OCH3 is 2. The number of carbonyl (C=O) groups excluding carboxylic acids is 1. The maximum absolute atomic E-state index is 12.7. The highest BCUT2D eigenvalue weighted by atomic mass is 32.1. The van der Waals surface area contributed by atoms with Crippen LogP contribution in [0.15, 0.2) is 48.5 Å². The average molecular weight is 399 g/mol. The van der Waals surface area contributed by atoms with Crippen LogP contribution in [0.4, 0.5) is 5.82 Å². The number of anilines is 1. The molecule has 1 atom stereocenters. The smallest absolute Gasteiger partial charge is 0.267 e. The third kappa shape index (κ3) is 3.07. The van der Waals surface area contributed by atoms with E-state index in [0.717, 1.165) is 11.3 Å². The first kappa shape index (κ1) is 17.6. The Morgan fingerprint density at radius 2 is 1.85 bits per heavy atom. The van der Waals surface area contributed by atoms with Gasteiger partial charge in [-0.1, -0.05) is 29.5 Å². The van der Waals surface area contributed by atoms with E-state index in [2.05, 4.69) is 10.6 Å². The van der Waals surface area contributed by atoms with Crippen molar-refractivity contribution in [2.75, 3.05) is 19.5 Å². The Morgan fingerprint density at radius 3 is 2.56 bits per heavy atom. The molecule has 0 radical (unpaired) electrons. The predicted molar refractivity (Wildman–Crippen MR) is 108 cm³/mol. The number of benzene rings is 2. The number of hydrogen-bond acceptors (Lipinski definition) is 6. The zero-order chi connectivity index (χ0) is 19.0. The largest absolute Gasteiger partial charge is 0.497 e. The molecule has 1 aliphatic heterocycles. The van der Waals surface area contributed by atoms with Crippen LogP contribution in [0.2, 0.25) is 0 Å². The van der Waals surface area contributed by atoms with Crippen molar-refractivity contribution in [3.63, 3.8) is 0 Å². The quantitative estimate of drug-likeness (QED) is 0.646. The summed E-state index contributed by atoms with van der Waals surface area (Å²) < 4.78 is 13.2. The van der Waals surface area contributed by atoms with Gasteiger partial charge in [-0.2, -0.15) is 0 Å². The first-order valence-electron chi connectivity index (χ1n) is 8.23. The molecule has 6 nitrogen and oxygen atoms in total. The zero-order valence-electron chi connectivity index (χ0n) is 14.7. The highest BCUT2D eigenvalue weighted by Gasteiger charge is 2.31. The van der Waals surface area contributed by atoms with E-state index in [4.69, 9.17) is 21.7 Å². The molecular weight excluding hydrogens is 382 g/mol. The zero-order valence-corrected chi connectivity index (χ0v) is 16.3. The highest BCUT2D eigenvalue weighted by molar-refractivity contribution is 7.73. The van der Waals surface area contributed by atoms with Crippen LogP contribution < -0.4 is 20.1 Å². The fourth-order valence-electron chi connectivity index (χ4n) is 3.05. The fourth-order valence-corrected chi connectivity index (χ4v) is 4.36. The molecule has 0 saturated carbocycles. The van der Waals surface area contributed by atoms with Crippen molar-refractivity contribution in [3.8, 4) is 17.2 Å². The van der Waals surface area contributed by atoms with Gasteiger partial charge in [-0.25, -0.2) is 0 Å². The summed E-state index contributed by atoms with van der Waals surface area (Å²) in [5.41, 5.74) is 1.71. The van der Waals surface area contributed by atoms with Gasteiger partial charge in [0.2, 0.25) is 0 Å². The van der Waals surface area contributed by atoms with Gasteiger partial charge >= 0.3 is 0 Å². The lowest BCUT2D eigenvalue weighted by Crippen LogP contribution is -2.38. The first-order chi connectivity index (χ1) is 13.1. The summed E-state index contributed by atoms with van der Waals surface area (Å²) in [4.78, 5) is 13.3. The number of amides is 1. The van der Waals surface area contributed by atoms with Crippen LogP contribution in [0.3, 0.4) is 0 Å². The molecule has 0 aliphatic carbocycles. The van der Waals surface area contributed by atoms with Gasteiger partial charge in [0.1, 0.15) is 28.4 Å². The molecule has 1 aromatic heterocycles. The number of rotatable bonds is 4. The van der Waals surface area contributed by atoms with Crippen molar-refractivity contribution in [3.05, 3.63) is 62.9 Å². The van der Waals surface area contributed by atoms with E-state index in [1.54, 1.807) is 20.3 Å². The van der Waals surface area contributed by atoms with Crippen LogP contribution in [0, 0.1) is 3.95 Å². The van der Waals surface area contributed by atoms with Crippen LogP contribution in [0.25, 0.3) is 5.69 Å². The molecule has 0 bridgehead atoms. The molecule has 4 rings (SSSR count). The Hall–Kier alpha value is -2.84. The Kier molecular flexibility index (Phi) is 4.59. The van der Waals surface area contributed by atoms with Crippen molar-refractivity contribution < 1.29 is 14.3 Å². The number of thiazole rings is 1. The third-order valence-corrected chi connectivity index (χ3v) is 5.71. The summed E-state index contributed by atoms with van der Waals surface area (Å²) in [5.74, 6) is 1.82. The SMILES string of the molecule is COc1ccc([C@@H]2NC(=O)c3sc(=S)n(-c4ccccc4)c3N2)c(OC)c1. The van der Waals surface area contributed by atoms with E-state index in [9.17, 15) is 4.79 Å².